The van der Waals surface area contributed by atoms with E-state index in [2.05, 4.69) is 16.0 Å². The third kappa shape index (κ3) is 5.92. The molecule has 2 N–H and O–H groups in total. The van der Waals surface area contributed by atoms with Crippen LogP contribution in [0.25, 0.3) is 22.2 Å². The van der Waals surface area contributed by atoms with Crippen molar-refractivity contribution in [2.24, 2.45) is 0 Å². The van der Waals surface area contributed by atoms with Crippen LogP contribution in [0, 0.1) is 23.0 Å². The van der Waals surface area contributed by atoms with Gasteiger partial charge in [-0.1, -0.05) is 18.2 Å². The standard InChI is InChI=1S/C32H33F2N7O2/c1-32(2,39(3)4)15-21(16-35)31(42)41-14-6-7-22(41)17-40-18-24(27-29(36)37-19-38-30(27)40)20-10-12-23(13-11-20)43-26-9-5-8-25(33)28(26)34/h5,8-13,15,18-19,22H,6-7,14,17H2,1-4H3,(H2,36,37,38)/b21-15+/t22-/m1/s1. The highest BCUT2D eigenvalue weighted by Gasteiger charge is 2.33. The molecule has 9 nitrogen and oxygen atoms in total. The Morgan fingerprint density at radius 1 is 1.21 bits per heavy atom. The first kappa shape index (κ1) is 29.7. The molecule has 222 valence electrons. The number of carbonyl (C=O) groups is 1. The molecule has 0 spiro atoms. The Labute approximate surface area is 248 Å². The second kappa shape index (κ2) is 11.8. The summed E-state index contributed by atoms with van der Waals surface area (Å²) in [5.41, 5.74) is 8.15. The summed E-state index contributed by atoms with van der Waals surface area (Å²) in [7, 11) is 3.81. The molecule has 1 aliphatic rings. The first-order chi connectivity index (χ1) is 20.5. The van der Waals surface area contributed by atoms with Crippen LogP contribution in [0.4, 0.5) is 14.6 Å². The van der Waals surface area contributed by atoms with Gasteiger partial charge >= 0.3 is 0 Å². The molecule has 2 aromatic heterocycles. The van der Waals surface area contributed by atoms with Crippen molar-refractivity contribution in [3.8, 4) is 28.7 Å². The Hall–Kier alpha value is -4.82. The number of hydrogen-bond donors (Lipinski definition) is 1. The smallest absolute Gasteiger partial charge is 0.264 e. The minimum Gasteiger partial charge on any atom is -0.454 e. The Balaban J connectivity index is 1.43. The molecule has 0 radical (unpaired) electrons. The van der Waals surface area contributed by atoms with Crippen LogP contribution in [-0.2, 0) is 11.3 Å². The number of carbonyl (C=O) groups excluding carboxylic acids is 1. The monoisotopic (exact) mass is 585 g/mol. The second-order valence-electron chi connectivity index (χ2n) is 11.3. The summed E-state index contributed by atoms with van der Waals surface area (Å²) >= 11 is 0. The molecule has 11 heteroatoms. The van der Waals surface area contributed by atoms with Crippen molar-refractivity contribution in [2.75, 3.05) is 26.4 Å². The van der Waals surface area contributed by atoms with E-state index in [0.29, 0.717) is 35.7 Å². The number of nitriles is 1. The SMILES string of the molecule is CN(C)C(C)(C)/C=C(\C#N)C(=O)N1CCC[C@@H]1Cn1cc(-c2ccc(Oc3cccc(F)c3F)cc2)c2c(N)ncnc21. The molecule has 3 heterocycles. The third-order valence-electron chi connectivity index (χ3n) is 8.04. The second-order valence-corrected chi connectivity index (χ2v) is 11.3. The average Bonchev–Trinajstić information content (AvgIpc) is 3.60. The highest BCUT2D eigenvalue weighted by atomic mass is 19.2. The van der Waals surface area contributed by atoms with Crippen molar-refractivity contribution < 1.29 is 18.3 Å². The van der Waals surface area contributed by atoms with E-state index in [4.69, 9.17) is 10.5 Å². The molecule has 1 saturated heterocycles. The summed E-state index contributed by atoms with van der Waals surface area (Å²) in [5.74, 6) is -1.90. The van der Waals surface area contributed by atoms with Gasteiger partial charge in [-0.05, 0) is 76.7 Å². The summed E-state index contributed by atoms with van der Waals surface area (Å²) < 4.78 is 35.2. The minimum absolute atomic E-state index is 0.121. The van der Waals surface area contributed by atoms with Crippen molar-refractivity contribution in [1.82, 2.24) is 24.3 Å². The lowest BCUT2D eigenvalue weighted by Crippen LogP contribution is -2.41. The van der Waals surface area contributed by atoms with Gasteiger partial charge in [-0.15, -0.1) is 0 Å². The van der Waals surface area contributed by atoms with Gasteiger partial charge in [0, 0.05) is 30.4 Å². The molecule has 2 aromatic carbocycles. The number of nitrogen functional groups attached to an aromatic ring is 1. The maximum atomic E-state index is 14.1. The number of likely N-dealkylation sites (N-methyl/N-ethyl adjacent to an activating group) is 1. The van der Waals surface area contributed by atoms with Gasteiger partial charge in [0.15, 0.2) is 11.6 Å². The molecular formula is C32H33F2N7O2. The number of anilines is 1. The Bertz CT molecular complexity index is 1740. The van der Waals surface area contributed by atoms with Crippen LogP contribution in [-0.4, -0.2) is 62.5 Å². The van der Waals surface area contributed by atoms with Gasteiger partial charge in [0.2, 0.25) is 5.82 Å². The Morgan fingerprint density at radius 3 is 2.65 bits per heavy atom. The number of hydrogen-bond acceptors (Lipinski definition) is 7. The van der Waals surface area contributed by atoms with Crippen molar-refractivity contribution in [3.63, 3.8) is 0 Å². The third-order valence-corrected chi connectivity index (χ3v) is 8.04. The number of halogens is 2. The maximum Gasteiger partial charge on any atom is 0.264 e. The van der Waals surface area contributed by atoms with E-state index in [-0.39, 0.29) is 23.3 Å². The summed E-state index contributed by atoms with van der Waals surface area (Å²) in [6, 6.07) is 12.6. The predicted molar refractivity (Wildman–Crippen MR) is 160 cm³/mol. The van der Waals surface area contributed by atoms with Crippen LogP contribution in [0.2, 0.25) is 0 Å². The minimum atomic E-state index is -1.06. The number of aromatic nitrogens is 3. The summed E-state index contributed by atoms with van der Waals surface area (Å²) in [6.45, 7) is 4.92. The van der Waals surface area contributed by atoms with Crippen LogP contribution in [0.3, 0.4) is 0 Å². The fraction of sp³-hybridized carbons (Fsp3) is 0.312. The largest absolute Gasteiger partial charge is 0.454 e. The zero-order chi connectivity index (χ0) is 30.9. The number of amides is 1. The lowest BCUT2D eigenvalue weighted by molar-refractivity contribution is -0.127. The first-order valence-electron chi connectivity index (χ1n) is 13.9. The maximum absolute atomic E-state index is 14.1. The van der Waals surface area contributed by atoms with E-state index >= 15 is 0 Å². The number of fused-ring (bicyclic) bond motifs is 1. The van der Waals surface area contributed by atoms with Gasteiger partial charge in [-0.25, -0.2) is 14.4 Å². The molecule has 4 aromatic rings. The van der Waals surface area contributed by atoms with Crippen molar-refractivity contribution >= 4 is 22.8 Å². The van der Waals surface area contributed by atoms with Crippen molar-refractivity contribution in [3.05, 3.63) is 78.3 Å². The summed E-state index contributed by atoms with van der Waals surface area (Å²) in [6.07, 6.45) is 6.65. The zero-order valence-electron chi connectivity index (χ0n) is 24.5. The number of nitrogens with zero attached hydrogens (tertiary/aromatic N) is 6. The van der Waals surface area contributed by atoms with Gasteiger partial charge in [-0.2, -0.15) is 9.65 Å². The topological polar surface area (TPSA) is 113 Å². The number of benzene rings is 2. The molecule has 1 fully saturated rings. The van der Waals surface area contributed by atoms with Crippen LogP contribution >= 0.6 is 0 Å². The van der Waals surface area contributed by atoms with Crippen LogP contribution in [0.5, 0.6) is 11.5 Å². The molecule has 0 saturated carbocycles. The Morgan fingerprint density at radius 2 is 1.95 bits per heavy atom. The first-order valence-corrected chi connectivity index (χ1v) is 13.9. The fourth-order valence-electron chi connectivity index (χ4n) is 5.20. The van der Waals surface area contributed by atoms with E-state index in [1.807, 2.05) is 43.6 Å². The number of ether oxygens (including phenoxy) is 1. The highest BCUT2D eigenvalue weighted by molar-refractivity contribution is 6.01. The Kier molecular flexibility index (Phi) is 8.15. The van der Waals surface area contributed by atoms with Gasteiger partial charge in [0.25, 0.3) is 5.91 Å². The van der Waals surface area contributed by atoms with E-state index in [1.165, 1.54) is 18.5 Å². The van der Waals surface area contributed by atoms with Crippen LogP contribution in [0.1, 0.15) is 26.7 Å². The van der Waals surface area contributed by atoms with Gasteiger partial charge in [0.1, 0.15) is 35.2 Å². The lowest BCUT2D eigenvalue weighted by atomic mass is 9.99. The highest BCUT2D eigenvalue weighted by Crippen LogP contribution is 2.35. The molecule has 0 aliphatic carbocycles. The number of nitrogens with two attached hydrogens (primary N) is 1. The van der Waals surface area contributed by atoms with E-state index in [1.54, 1.807) is 35.2 Å². The summed E-state index contributed by atoms with van der Waals surface area (Å²) in [4.78, 5) is 26.0. The lowest BCUT2D eigenvalue weighted by Gasteiger charge is -2.30. The van der Waals surface area contributed by atoms with E-state index < -0.39 is 17.2 Å². The zero-order valence-corrected chi connectivity index (χ0v) is 24.5. The average molecular weight is 586 g/mol. The summed E-state index contributed by atoms with van der Waals surface area (Å²) in [5, 5.41) is 10.5. The quantitative estimate of drug-likeness (QED) is 0.214. The van der Waals surface area contributed by atoms with Crippen molar-refractivity contribution in [1.29, 1.82) is 5.26 Å². The van der Waals surface area contributed by atoms with Crippen molar-refractivity contribution in [2.45, 2.75) is 44.8 Å². The molecule has 1 amide bonds. The molecular weight excluding hydrogens is 552 g/mol. The molecule has 1 atom stereocenters. The van der Waals surface area contributed by atoms with Crippen LogP contribution in [0.15, 0.2) is 66.6 Å². The molecule has 0 bridgehead atoms. The van der Waals surface area contributed by atoms with Gasteiger partial charge in [0.05, 0.1) is 11.4 Å². The van der Waals surface area contributed by atoms with Gasteiger partial charge < -0.3 is 24.8 Å². The fourth-order valence-corrected chi connectivity index (χ4v) is 5.20. The van der Waals surface area contributed by atoms with Crippen LogP contribution < -0.4 is 10.5 Å². The van der Waals surface area contributed by atoms with Gasteiger partial charge in [-0.3, -0.25) is 4.79 Å². The van der Waals surface area contributed by atoms with E-state index in [0.717, 1.165) is 30.0 Å². The normalized spacial score (nSPS) is 15.7. The van der Waals surface area contributed by atoms with E-state index in [9.17, 15) is 18.8 Å². The molecule has 1 aliphatic heterocycles. The number of rotatable bonds is 8. The predicted octanol–water partition coefficient (Wildman–Crippen LogP) is 5.53. The molecule has 5 rings (SSSR count). The number of likely N-dealkylation sites (tertiary alicyclic amines) is 1. The molecule has 43 heavy (non-hydrogen) atoms. The molecule has 0 unspecified atom stereocenters.